The Bertz CT molecular complexity index is 319. The number of benzene rings is 1. The van der Waals surface area contributed by atoms with E-state index in [1.807, 2.05) is 0 Å². The smallest absolute Gasteiger partial charge is 0.127 e. The molecule has 1 N–H and O–H groups in total. The second kappa shape index (κ2) is 5.42. The molecule has 1 aliphatic heterocycles. The van der Waals surface area contributed by atoms with Crippen LogP contribution in [0.15, 0.2) is 24.3 Å². The Morgan fingerprint density at radius 3 is 2.67 bits per heavy atom. The standard InChI is InChI=1S/C11H13F2N.ClH/c12-8-5-6-14-11(7-8)9-3-1-2-4-10(9)13;/h1-4,8,11,14H,5-7H2;1H. The molecule has 1 aromatic carbocycles. The summed E-state index contributed by atoms with van der Waals surface area (Å²) in [5.41, 5.74) is 0.579. The van der Waals surface area contributed by atoms with Crippen molar-refractivity contribution >= 4 is 12.4 Å². The normalized spacial score (nSPS) is 25.7. The molecular formula is C11H14ClF2N. The highest BCUT2D eigenvalue weighted by Gasteiger charge is 2.23. The Balaban J connectivity index is 0.00000112. The van der Waals surface area contributed by atoms with Gasteiger partial charge < -0.3 is 5.32 Å². The minimum absolute atomic E-state index is 0. The van der Waals surface area contributed by atoms with Crippen molar-refractivity contribution in [2.75, 3.05) is 6.54 Å². The van der Waals surface area contributed by atoms with Gasteiger partial charge in [0.05, 0.1) is 0 Å². The molecule has 2 unspecified atom stereocenters. The Kier molecular flexibility index (Phi) is 4.48. The van der Waals surface area contributed by atoms with Gasteiger partial charge in [-0.05, 0) is 25.5 Å². The van der Waals surface area contributed by atoms with Crippen molar-refractivity contribution in [1.82, 2.24) is 5.32 Å². The third kappa shape index (κ3) is 2.89. The summed E-state index contributed by atoms with van der Waals surface area (Å²) in [7, 11) is 0. The third-order valence-corrected chi connectivity index (χ3v) is 2.62. The van der Waals surface area contributed by atoms with E-state index in [4.69, 9.17) is 0 Å². The predicted molar refractivity (Wildman–Crippen MR) is 58.5 cm³/mol. The Morgan fingerprint density at radius 2 is 2.00 bits per heavy atom. The van der Waals surface area contributed by atoms with Gasteiger partial charge in [0.2, 0.25) is 0 Å². The van der Waals surface area contributed by atoms with Gasteiger partial charge in [-0.3, -0.25) is 0 Å². The second-order valence-corrected chi connectivity index (χ2v) is 3.65. The predicted octanol–water partition coefficient (Wildman–Crippen LogP) is 3.01. The molecule has 1 aromatic rings. The molecule has 0 aliphatic carbocycles. The summed E-state index contributed by atoms with van der Waals surface area (Å²) in [5, 5.41) is 3.13. The lowest BCUT2D eigenvalue weighted by Gasteiger charge is -2.26. The maximum absolute atomic E-state index is 13.3. The van der Waals surface area contributed by atoms with Crippen molar-refractivity contribution in [3.8, 4) is 0 Å². The van der Waals surface area contributed by atoms with E-state index < -0.39 is 6.17 Å². The van der Waals surface area contributed by atoms with Crippen LogP contribution in [0.2, 0.25) is 0 Å². The van der Waals surface area contributed by atoms with Crippen LogP contribution in [-0.2, 0) is 0 Å². The average Bonchev–Trinajstić information content (AvgIpc) is 2.18. The molecule has 2 rings (SSSR count). The summed E-state index contributed by atoms with van der Waals surface area (Å²) in [4.78, 5) is 0. The molecule has 0 radical (unpaired) electrons. The van der Waals surface area contributed by atoms with Crippen LogP contribution in [0.3, 0.4) is 0 Å². The summed E-state index contributed by atoms with van der Waals surface area (Å²) in [6, 6.07) is 6.39. The molecule has 1 fully saturated rings. The van der Waals surface area contributed by atoms with Crippen LogP contribution in [-0.4, -0.2) is 12.7 Å². The fraction of sp³-hybridized carbons (Fsp3) is 0.455. The molecule has 15 heavy (non-hydrogen) atoms. The van der Waals surface area contributed by atoms with Crippen LogP contribution < -0.4 is 5.32 Å². The van der Waals surface area contributed by atoms with Crippen LogP contribution in [0.5, 0.6) is 0 Å². The van der Waals surface area contributed by atoms with E-state index in [0.717, 1.165) is 0 Å². The maximum atomic E-state index is 13.3. The Labute approximate surface area is 94.3 Å². The summed E-state index contributed by atoms with van der Waals surface area (Å²) >= 11 is 0. The fourth-order valence-electron chi connectivity index (χ4n) is 1.87. The van der Waals surface area contributed by atoms with E-state index >= 15 is 0 Å². The molecule has 1 saturated heterocycles. The highest BCUT2D eigenvalue weighted by atomic mass is 35.5. The number of halogens is 3. The van der Waals surface area contributed by atoms with Gasteiger partial charge in [-0.25, -0.2) is 8.78 Å². The van der Waals surface area contributed by atoms with E-state index in [-0.39, 0.29) is 24.3 Å². The average molecular weight is 234 g/mol. The highest BCUT2D eigenvalue weighted by molar-refractivity contribution is 5.85. The van der Waals surface area contributed by atoms with Gasteiger partial charge in [0.25, 0.3) is 0 Å². The minimum Gasteiger partial charge on any atom is -0.310 e. The van der Waals surface area contributed by atoms with Crippen LogP contribution >= 0.6 is 12.4 Å². The molecule has 2 atom stereocenters. The number of hydrogen-bond donors (Lipinski definition) is 1. The first-order chi connectivity index (χ1) is 6.77. The zero-order valence-corrected chi connectivity index (χ0v) is 9.07. The van der Waals surface area contributed by atoms with Gasteiger partial charge >= 0.3 is 0 Å². The number of alkyl halides is 1. The molecule has 0 aromatic heterocycles. The number of rotatable bonds is 1. The lowest BCUT2D eigenvalue weighted by atomic mass is 9.96. The van der Waals surface area contributed by atoms with Gasteiger partial charge in [0.1, 0.15) is 12.0 Å². The SMILES string of the molecule is Cl.Fc1ccccc1C1CC(F)CCN1. The second-order valence-electron chi connectivity index (χ2n) is 3.65. The molecule has 0 bridgehead atoms. The van der Waals surface area contributed by atoms with Gasteiger partial charge in [-0.15, -0.1) is 12.4 Å². The van der Waals surface area contributed by atoms with E-state index in [0.29, 0.717) is 24.9 Å². The topological polar surface area (TPSA) is 12.0 Å². The zero-order valence-electron chi connectivity index (χ0n) is 8.25. The fourth-order valence-corrected chi connectivity index (χ4v) is 1.87. The minimum atomic E-state index is -0.805. The molecular weight excluding hydrogens is 220 g/mol. The number of hydrogen-bond acceptors (Lipinski definition) is 1. The zero-order chi connectivity index (χ0) is 9.97. The summed E-state index contributed by atoms with van der Waals surface area (Å²) in [6.07, 6.45) is 0.104. The first kappa shape index (κ1) is 12.4. The van der Waals surface area contributed by atoms with Crippen molar-refractivity contribution in [1.29, 1.82) is 0 Å². The van der Waals surface area contributed by atoms with E-state index in [9.17, 15) is 8.78 Å². The molecule has 0 saturated carbocycles. The maximum Gasteiger partial charge on any atom is 0.127 e. The third-order valence-electron chi connectivity index (χ3n) is 2.62. The van der Waals surface area contributed by atoms with E-state index in [1.54, 1.807) is 18.2 Å². The lowest BCUT2D eigenvalue weighted by Crippen LogP contribution is -2.33. The Morgan fingerprint density at radius 1 is 1.27 bits per heavy atom. The number of nitrogens with one attached hydrogen (secondary N) is 1. The van der Waals surface area contributed by atoms with Gasteiger partial charge in [-0.2, -0.15) is 0 Å². The lowest BCUT2D eigenvalue weighted by molar-refractivity contribution is 0.222. The van der Waals surface area contributed by atoms with Crippen LogP contribution in [0.1, 0.15) is 24.4 Å². The molecule has 0 amide bonds. The van der Waals surface area contributed by atoms with E-state index in [2.05, 4.69) is 5.32 Å². The van der Waals surface area contributed by atoms with Gasteiger partial charge in [-0.1, -0.05) is 18.2 Å². The van der Waals surface area contributed by atoms with Crippen molar-refractivity contribution in [2.45, 2.75) is 25.1 Å². The van der Waals surface area contributed by atoms with Crippen molar-refractivity contribution in [3.05, 3.63) is 35.6 Å². The first-order valence-electron chi connectivity index (χ1n) is 4.89. The Hall–Kier alpha value is -0.670. The van der Waals surface area contributed by atoms with Gasteiger partial charge in [0.15, 0.2) is 0 Å². The molecule has 0 spiro atoms. The summed E-state index contributed by atoms with van der Waals surface area (Å²) in [6.45, 7) is 0.625. The molecule has 1 aliphatic rings. The van der Waals surface area contributed by atoms with Crippen LogP contribution in [0.4, 0.5) is 8.78 Å². The monoisotopic (exact) mass is 233 g/mol. The molecule has 84 valence electrons. The highest BCUT2D eigenvalue weighted by Crippen LogP contribution is 2.26. The summed E-state index contributed by atoms with van der Waals surface area (Å²) < 4.78 is 26.4. The number of piperidine rings is 1. The van der Waals surface area contributed by atoms with E-state index in [1.165, 1.54) is 6.07 Å². The summed E-state index contributed by atoms with van der Waals surface area (Å²) in [5.74, 6) is -0.251. The van der Waals surface area contributed by atoms with Crippen molar-refractivity contribution < 1.29 is 8.78 Å². The van der Waals surface area contributed by atoms with Gasteiger partial charge in [0, 0.05) is 11.6 Å². The first-order valence-corrected chi connectivity index (χ1v) is 4.89. The molecule has 1 heterocycles. The largest absolute Gasteiger partial charge is 0.310 e. The quantitative estimate of drug-likeness (QED) is 0.786. The van der Waals surface area contributed by atoms with Crippen molar-refractivity contribution in [2.24, 2.45) is 0 Å². The molecule has 4 heteroatoms. The van der Waals surface area contributed by atoms with Crippen LogP contribution in [0.25, 0.3) is 0 Å². The van der Waals surface area contributed by atoms with Crippen LogP contribution in [0, 0.1) is 5.82 Å². The molecule has 1 nitrogen and oxygen atoms in total. The van der Waals surface area contributed by atoms with Crippen molar-refractivity contribution in [3.63, 3.8) is 0 Å².